The number of aromatic amines is 1. The Morgan fingerprint density at radius 3 is 2.35 bits per heavy atom. The molecule has 0 radical (unpaired) electrons. The van der Waals surface area contributed by atoms with Crippen LogP contribution in [0.25, 0.3) is 10.9 Å². The number of halogens is 3. The number of hydrogen-bond acceptors (Lipinski definition) is 4. The van der Waals surface area contributed by atoms with Crippen molar-refractivity contribution in [2.75, 3.05) is 16.3 Å². The fourth-order valence-corrected chi connectivity index (χ4v) is 5.04. The van der Waals surface area contributed by atoms with Crippen LogP contribution < -0.4 is 14.8 Å². The maximum atomic E-state index is 13.5. The molecule has 0 aliphatic heterocycles. The lowest BCUT2D eigenvalue weighted by molar-refractivity contribution is -0.0498. The highest BCUT2D eigenvalue weighted by atomic mass is 32.2. The van der Waals surface area contributed by atoms with Crippen molar-refractivity contribution in [3.05, 3.63) is 89.4 Å². The zero-order valence-electron chi connectivity index (χ0n) is 19.5. The molecule has 3 aromatic carbocycles. The van der Waals surface area contributed by atoms with Crippen molar-refractivity contribution >= 4 is 38.2 Å². The van der Waals surface area contributed by atoms with Crippen molar-refractivity contribution in [3.8, 4) is 5.75 Å². The van der Waals surface area contributed by atoms with Crippen LogP contribution in [-0.2, 0) is 15.4 Å². The lowest BCUT2D eigenvalue weighted by Gasteiger charge is -2.19. The second kappa shape index (κ2) is 9.15. The lowest BCUT2D eigenvalue weighted by atomic mass is 9.87. The minimum atomic E-state index is -3.47. The van der Waals surface area contributed by atoms with E-state index in [2.05, 4.69) is 19.8 Å². The molecule has 5 rings (SSSR count). The molecule has 0 spiro atoms. The zero-order valence-corrected chi connectivity index (χ0v) is 20.3. The molecule has 1 fully saturated rings. The molecule has 1 heterocycles. The fraction of sp³-hybridized carbons (Fsp3) is 0.192. The fourth-order valence-electron chi connectivity index (χ4n) is 4.48. The molecule has 192 valence electrons. The number of carbonyl (C=O) groups is 1. The third-order valence-electron chi connectivity index (χ3n) is 6.26. The first kappa shape index (κ1) is 24.7. The predicted octanol–water partition coefficient (Wildman–Crippen LogP) is 5.61. The minimum Gasteiger partial charge on any atom is -0.435 e. The number of ether oxygens (including phenoxy) is 1. The number of amides is 1. The second-order valence-corrected chi connectivity index (χ2v) is 10.8. The third-order valence-corrected chi connectivity index (χ3v) is 6.87. The summed E-state index contributed by atoms with van der Waals surface area (Å²) in [5.74, 6) is -1.01. The first-order valence-corrected chi connectivity index (χ1v) is 13.2. The Morgan fingerprint density at radius 2 is 1.70 bits per heavy atom. The largest absolute Gasteiger partial charge is 0.435 e. The molecule has 1 aliphatic rings. The van der Waals surface area contributed by atoms with Crippen LogP contribution >= 0.6 is 0 Å². The smallest absolute Gasteiger partial charge is 0.387 e. The van der Waals surface area contributed by atoms with Gasteiger partial charge in [-0.15, -0.1) is 0 Å². The SMILES string of the molecule is CS(=O)(=O)Nc1ccc2cc(C(=O)Nc3cc(OC(F)F)cc(C4(c5ccc(F)cc5)CC4)c3)[nH]c2c1. The van der Waals surface area contributed by atoms with Crippen molar-refractivity contribution < 1.29 is 31.1 Å². The summed E-state index contributed by atoms with van der Waals surface area (Å²) in [6.07, 6.45) is 2.50. The third kappa shape index (κ3) is 5.41. The molecule has 0 saturated heterocycles. The standard InChI is InChI=1S/C26H22F3N3O4S/c1-37(34,35)32-19-7-2-15-10-23(31-22(15)14-19)24(33)30-20-11-17(12-21(13-20)36-25(28)29)26(8-9-26)16-3-5-18(27)6-4-16/h2-7,10-14,25,31-32H,8-9H2,1H3,(H,30,33). The first-order chi connectivity index (χ1) is 17.5. The number of aromatic nitrogens is 1. The monoisotopic (exact) mass is 529 g/mol. The molecule has 1 saturated carbocycles. The van der Waals surface area contributed by atoms with E-state index >= 15 is 0 Å². The van der Waals surface area contributed by atoms with Gasteiger partial charge in [-0.25, -0.2) is 12.8 Å². The predicted molar refractivity (Wildman–Crippen MR) is 134 cm³/mol. The number of rotatable bonds is 8. The first-order valence-electron chi connectivity index (χ1n) is 11.3. The van der Waals surface area contributed by atoms with Crippen molar-refractivity contribution in [3.63, 3.8) is 0 Å². The molecule has 3 N–H and O–H groups in total. The van der Waals surface area contributed by atoms with Crippen LogP contribution in [0.3, 0.4) is 0 Å². The topological polar surface area (TPSA) is 100 Å². The van der Waals surface area contributed by atoms with Gasteiger partial charge in [-0.3, -0.25) is 9.52 Å². The number of H-pyrrole nitrogens is 1. The highest BCUT2D eigenvalue weighted by Gasteiger charge is 2.46. The van der Waals surface area contributed by atoms with Gasteiger partial charge in [0.2, 0.25) is 10.0 Å². The van der Waals surface area contributed by atoms with Gasteiger partial charge in [0.05, 0.1) is 11.9 Å². The number of alkyl halides is 2. The van der Waals surface area contributed by atoms with Crippen LogP contribution in [-0.4, -0.2) is 32.2 Å². The Morgan fingerprint density at radius 1 is 0.973 bits per heavy atom. The Kier molecular flexibility index (Phi) is 6.10. The van der Waals surface area contributed by atoms with Gasteiger partial charge >= 0.3 is 6.61 Å². The van der Waals surface area contributed by atoms with E-state index < -0.39 is 28.0 Å². The van der Waals surface area contributed by atoms with Gasteiger partial charge in [-0.2, -0.15) is 8.78 Å². The second-order valence-electron chi connectivity index (χ2n) is 9.03. The number of anilines is 2. The number of fused-ring (bicyclic) bond motifs is 1. The van der Waals surface area contributed by atoms with Gasteiger partial charge < -0.3 is 15.0 Å². The molecule has 37 heavy (non-hydrogen) atoms. The average molecular weight is 530 g/mol. The average Bonchev–Trinajstić information content (AvgIpc) is 3.50. The maximum absolute atomic E-state index is 13.5. The number of sulfonamides is 1. The van der Waals surface area contributed by atoms with Crippen LogP contribution in [0.1, 0.15) is 34.5 Å². The quantitative estimate of drug-likeness (QED) is 0.276. The van der Waals surface area contributed by atoms with E-state index in [4.69, 9.17) is 0 Å². The van der Waals surface area contributed by atoms with Gasteiger partial charge in [0.25, 0.3) is 5.91 Å². The molecule has 0 bridgehead atoms. The normalized spacial score (nSPS) is 14.5. The Balaban J connectivity index is 1.45. The summed E-state index contributed by atoms with van der Waals surface area (Å²) < 4.78 is 69.6. The molecule has 1 aliphatic carbocycles. The van der Waals surface area contributed by atoms with Crippen LogP contribution in [0, 0.1) is 5.82 Å². The number of nitrogens with one attached hydrogen (secondary N) is 3. The molecule has 1 amide bonds. The van der Waals surface area contributed by atoms with Crippen LogP contribution in [0.2, 0.25) is 0 Å². The summed E-state index contributed by atoms with van der Waals surface area (Å²) in [4.78, 5) is 16.0. The Hall–Kier alpha value is -3.99. The Bertz CT molecular complexity index is 1600. The summed E-state index contributed by atoms with van der Waals surface area (Å²) >= 11 is 0. The summed E-state index contributed by atoms with van der Waals surface area (Å²) in [6.45, 7) is -3.05. The van der Waals surface area contributed by atoms with E-state index in [9.17, 15) is 26.4 Å². The zero-order chi connectivity index (χ0) is 26.4. The van der Waals surface area contributed by atoms with E-state index in [0.29, 0.717) is 22.2 Å². The van der Waals surface area contributed by atoms with Crippen molar-refractivity contribution in [2.24, 2.45) is 0 Å². The van der Waals surface area contributed by atoms with Crippen molar-refractivity contribution in [2.45, 2.75) is 24.9 Å². The highest BCUT2D eigenvalue weighted by Crippen LogP contribution is 2.54. The number of hydrogen-bond donors (Lipinski definition) is 3. The van der Waals surface area contributed by atoms with Gasteiger partial charge in [0.15, 0.2) is 0 Å². The molecule has 1 aromatic heterocycles. The van der Waals surface area contributed by atoms with E-state index in [-0.39, 0.29) is 22.9 Å². The summed E-state index contributed by atoms with van der Waals surface area (Å²) in [5.41, 5.74) is 2.33. The highest BCUT2D eigenvalue weighted by molar-refractivity contribution is 7.92. The van der Waals surface area contributed by atoms with E-state index in [1.54, 1.807) is 42.5 Å². The molecular weight excluding hydrogens is 507 g/mol. The van der Waals surface area contributed by atoms with Gasteiger partial charge in [0.1, 0.15) is 17.3 Å². The maximum Gasteiger partial charge on any atom is 0.387 e. The molecular formula is C26H22F3N3O4S. The number of carbonyl (C=O) groups excluding carboxylic acids is 1. The van der Waals surface area contributed by atoms with E-state index in [1.165, 1.54) is 24.3 Å². The van der Waals surface area contributed by atoms with E-state index in [0.717, 1.165) is 24.7 Å². The molecule has 7 nitrogen and oxygen atoms in total. The summed E-state index contributed by atoms with van der Waals surface area (Å²) in [7, 11) is -3.47. The summed E-state index contributed by atoms with van der Waals surface area (Å²) in [5, 5.41) is 3.39. The molecule has 4 aromatic rings. The van der Waals surface area contributed by atoms with Gasteiger partial charge in [0, 0.05) is 28.1 Å². The van der Waals surface area contributed by atoms with Gasteiger partial charge in [-0.1, -0.05) is 18.2 Å². The molecule has 0 unspecified atom stereocenters. The molecule has 0 atom stereocenters. The number of benzene rings is 3. The van der Waals surface area contributed by atoms with Crippen LogP contribution in [0.4, 0.5) is 24.5 Å². The van der Waals surface area contributed by atoms with Crippen LogP contribution in [0.15, 0.2) is 66.7 Å². The molecule has 11 heteroatoms. The van der Waals surface area contributed by atoms with Crippen molar-refractivity contribution in [1.82, 2.24) is 4.98 Å². The minimum absolute atomic E-state index is 0.107. The van der Waals surface area contributed by atoms with Gasteiger partial charge in [-0.05, 0) is 66.4 Å². The van der Waals surface area contributed by atoms with Crippen molar-refractivity contribution in [1.29, 1.82) is 0 Å². The Labute approximate surface area is 210 Å². The van der Waals surface area contributed by atoms with Crippen LogP contribution in [0.5, 0.6) is 5.75 Å². The lowest BCUT2D eigenvalue weighted by Crippen LogP contribution is -2.15. The summed E-state index contributed by atoms with van der Waals surface area (Å²) in [6, 6.07) is 16.9. The van der Waals surface area contributed by atoms with E-state index in [1.807, 2.05) is 0 Å².